The minimum Gasteiger partial charge on any atom is -0.479 e. The van der Waals surface area contributed by atoms with Crippen LogP contribution in [0.4, 0.5) is 0 Å². The summed E-state index contributed by atoms with van der Waals surface area (Å²) in [5.41, 5.74) is 3.27. The van der Waals surface area contributed by atoms with E-state index in [0.717, 1.165) is 0 Å². The van der Waals surface area contributed by atoms with E-state index in [1.165, 1.54) is 0 Å². The van der Waals surface area contributed by atoms with Crippen molar-refractivity contribution in [2.45, 2.75) is 18.9 Å². The number of aliphatic carboxylic acids is 1. The number of hydrogen-bond donors (Lipinski definition) is 3. The van der Waals surface area contributed by atoms with Crippen molar-refractivity contribution >= 4 is 5.97 Å². The van der Waals surface area contributed by atoms with Gasteiger partial charge in [0.05, 0.1) is 0 Å². The van der Waals surface area contributed by atoms with E-state index in [2.05, 4.69) is 0 Å². The molecule has 0 amide bonds. The molecule has 0 spiro atoms. The zero-order valence-electron chi connectivity index (χ0n) is 5.29. The smallest absolute Gasteiger partial charge is 0.337 e. The monoisotopic (exact) mass is 133 g/mol. The Morgan fingerprint density at radius 2 is 2.22 bits per heavy atom. The molecule has 4 nitrogen and oxygen atoms in total. The summed E-state index contributed by atoms with van der Waals surface area (Å²) in [6.07, 6.45) is 0.138. The molecule has 54 valence electrons. The minimum absolute atomic E-state index is 0.138. The first-order valence-electron chi connectivity index (χ1n) is 2.72. The molecule has 0 aromatic rings. The number of carbonyl (C=O) groups is 1. The van der Waals surface area contributed by atoms with Crippen molar-refractivity contribution in [3.05, 3.63) is 0 Å². The first kappa shape index (κ1) is 8.39. The van der Waals surface area contributed by atoms with Crippen LogP contribution in [0.25, 0.3) is 0 Å². The van der Waals surface area contributed by atoms with Gasteiger partial charge in [0, 0.05) is 6.54 Å². The largest absolute Gasteiger partial charge is 0.479 e. The van der Waals surface area contributed by atoms with E-state index in [1.54, 1.807) is 6.92 Å². The second kappa shape index (κ2) is 2.80. The standard InChI is InChI=1S/C5H11NO3/c1-2-5(9,3-6)4(7)8/h9H,2-3,6H2,1H3,(H,7,8). The van der Waals surface area contributed by atoms with Crippen molar-refractivity contribution in [1.29, 1.82) is 0 Å². The molecule has 4 N–H and O–H groups in total. The summed E-state index contributed by atoms with van der Waals surface area (Å²) in [4.78, 5) is 10.2. The van der Waals surface area contributed by atoms with Crippen molar-refractivity contribution in [2.24, 2.45) is 5.73 Å². The summed E-state index contributed by atoms with van der Waals surface area (Å²) < 4.78 is 0. The van der Waals surface area contributed by atoms with Crippen LogP contribution in [0, 0.1) is 0 Å². The van der Waals surface area contributed by atoms with E-state index in [0.29, 0.717) is 0 Å². The molecule has 0 saturated heterocycles. The number of carboxylic acid groups (broad SMARTS) is 1. The lowest BCUT2D eigenvalue weighted by molar-refractivity contribution is -0.157. The van der Waals surface area contributed by atoms with E-state index < -0.39 is 11.6 Å². The van der Waals surface area contributed by atoms with Crippen molar-refractivity contribution in [3.63, 3.8) is 0 Å². The van der Waals surface area contributed by atoms with Crippen LogP contribution in [-0.2, 0) is 4.79 Å². The lowest BCUT2D eigenvalue weighted by atomic mass is 10.0. The molecule has 0 aromatic heterocycles. The van der Waals surface area contributed by atoms with Crippen LogP contribution in [0.15, 0.2) is 0 Å². The van der Waals surface area contributed by atoms with E-state index >= 15 is 0 Å². The van der Waals surface area contributed by atoms with Gasteiger partial charge in [0.1, 0.15) is 0 Å². The first-order chi connectivity index (χ1) is 4.06. The van der Waals surface area contributed by atoms with Crippen LogP contribution in [0.2, 0.25) is 0 Å². The molecule has 0 saturated carbocycles. The highest BCUT2D eigenvalue weighted by atomic mass is 16.4. The number of rotatable bonds is 3. The van der Waals surface area contributed by atoms with Gasteiger partial charge in [-0.3, -0.25) is 0 Å². The fourth-order valence-corrected chi connectivity index (χ4v) is 0.383. The van der Waals surface area contributed by atoms with Crippen LogP contribution < -0.4 is 5.73 Å². The fourth-order valence-electron chi connectivity index (χ4n) is 0.383. The van der Waals surface area contributed by atoms with E-state index in [4.69, 9.17) is 15.9 Å². The quantitative estimate of drug-likeness (QED) is 0.469. The third kappa shape index (κ3) is 1.65. The molecule has 0 fully saturated rings. The van der Waals surface area contributed by atoms with Gasteiger partial charge in [-0.05, 0) is 6.42 Å². The molecule has 9 heavy (non-hydrogen) atoms. The van der Waals surface area contributed by atoms with Gasteiger partial charge >= 0.3 is 5.97 Å². The second-order valence-electron chi connectivity index (χ2n) is 1.89. The van der Waals surface area contributed by atoms with Crippen LogP contribution in [-0.4, -0.2) is 28.3 Å². The fraction of sp³-hybridized carbons (Fsp3) is 0.800. The molecule has 0 heterocycles. The van der Waals surface area contributed by atoms with Crippen molar-refractivity contribution in [1.82, 2.24) is 0 Å². The van der Waals surface area contributed by atoms with Crippen molar-refractivity contribution in [3.8, 4) is 0 Å². The van der Waals surface area contributed by atoms with Gasteiger partial charge in [0.25, 0.3) is 0 Å². The molecule has 0 aliphatic heterocycles. The summed E-state index contributed by atoms with van der Waals surface area (Å²) in [6, 6.07) is 0. The van der Waals surface area contributed by atoms with Crippen LogP contribution in [0.1, 0.15) is 13.3 Å². The first-order valence-corrected chi connectivity index (χ1v) is 2.72. The van der Waals surface area contributed by atoms with E-state index in [9.17, 15) is 4.79 Å². The van der Waals surface area contributed by atoms with Gasteiger partial charge in [-0.25, -0.2) is 4.79 Å². The van der Waals surface area contributed by atoms with Gasteiger partial charge in [0.15, 0.2) is 5.60 Å². The van der Waals surface area contributed by atoms with Crippen LogP contribution in [0.3, 0.4) is 0 Å². The Bertz CT molecular complexity index is 109. The molecule has 0 aliphatic rings. The summed E-state index contributed by atoms with van der Waals surface area (Å²) in [7, 11) is 0. The number of nitrogens with two attached hydrogens (primary N) is 1. The number of carboxylic acids is 1. The maximum Gasteiger partial charge on any atom is 0.337 e. The zero-order valence-corrected chi connectivity index (χ0v) is 5.29. The summed E-state index contributed by atoms with van der Waals surface area (Å²) in [5, 5.41) is 17.3. The number of hydrogen-bond acceptors (Lipinski definition) is 3. The van der Waals surface area contributed by atoms with Crippen LogP contribution in [0.5, 0.6) is 0 Å². The molecule has 0 aromatic carbocycles. The third-order valence-corrected chi connectivity index (χ3v) is 1.32. The Labute approximate surface area is 53.3 Å². The highest BCUT2D eigenvalue weighted by Gasteiger charge is 2.31. The average molecular weight is 133 g/mol. The van der Waals surface area contributed by atoms with Crippen molar-refractivity contribution in [2.75, 3.05) is 6.54 Å². The molecule has 0 radical (unpaired) electrons. The Morgan fingerprint density at radius 1 is 1.78 bits per heavy atom. The Morgan fingerprint density at radius 3 is 2.22 bits per heavy atom. The maximum atomic E-state index is 10.2. The summed E-state index contributed by atoms with van der Waals surface area (Å²) in [5.74, 6) is -1.26. The topological polar surface area (TPSA) is 83.5 Å². The van der Waals surface area contributed by atoms with Gasteiger partial charge in [-0.1, -0.05) is 6.92 Å². The van der Waals surface area contributed by atoms with Gasteiger partial charge < -0.3 is 15.9 Å². The van der Waals surface area contributed by atoms with Gasteiger partial charge in [-0.15, -0.1) is 0 Å². The molecule has 0 bridgehead atoms. The molecular weight excluding hydrogens is 122 g/mol. The SMILES string of the molecule is CCC(O)(CN)C(=O)O. The number of aliphatic hydroxyl groups is 1. The predicted molar refractivity (Wildman–Crippen MR) is 31.9 cm³/mol. The third-order valence-electron chi connectivity index (χ3n) is 1.32. The average Bonchev–Trinajstić information content (AvgIpc) is 1.86. The summed E-state index contributed by atoms with van der Waals surface area (Å²) >= 11 is 0. The zero-order chi connectivity index (χ0) is 7.49. The molecule has 4 heteroatoms. The van der Waals surface area contributed by atoms with Crippen molar-refractivity contribution < 1.29 is 15.0 Å². The Hall–Kier alpha value is -0.610. The minimum atomic E-state index is -1.72. The lowest BCUT2D eigenvalue weighted by Gasteiger charge is -2.17. The molecule has 1 unspecified atom stereocenters. The van der Waals surface area contributed by atoms with Crippen LogP contribution >= 0.6 is 0 Å². The second-order valence-corrected chi connectivity index (χ2v) is 1.89. The molecular formula is C5H11NO3. The van der Waals surface area contributed by atoms with Gasteiger partial charge in [-0.2, -0.15) is 0 Å². The molecule has 0 rings (SSSR count). The Kier molecular flexibility index (Phi) is 2.61. The summed E-state index contributed by atoms with van der Waals surface area (Å²) in [6.45, 7) is 1.33. The highest BCUT2D eigenvalue weighted by Crippen LogP contribution is 2.06. The van der Waals surface area contributed by atoms with E-state index in [-0.39, 0.29) is 13.0 Å². The predicted octanol–water partition coefficient (Wildman–Crippen LogP) is -0.829. The van der Waals surface area contributed by atoms with E-state index in [1.807, 2.05) is 0 Å². The maximum absolute atomic E-state index is 10.2. The van der Waals surface area contributed by atoms with Gasteiger partial charge in [0.2, 0.25) is 0 Å². The molecule has 1 atom stereocenters. The highest BCUT2D eigenvalue weighted by molar-refractivity contribution is 5.77. The Balaban J connectivity index is 4.09. The molecule has 0 aliphatic carbocycles. The lowest BCUT2D eigenvalue weighted by Crippen LogP contribution is -2.44. The normalized spacial score (nSPS) is 16.8.